The lowest BCUT2D eigenvalue weighted by Crippen LogP contribution is -2.38. The predicted octanol–water partition coefficient (Wildman–Crippen LogP) is 1.75. The van der Waals surface area contributed by atoms with E-state index in [1.807, 2.05) is 30.3 Å². The third kappa shape index (κ3) is 3.65. The molecule has 1 aliphatic heterocycles. The van der Waals surface area contributed by atoms with Crippen LogP contribution in [0.2, 0.25) is 0 Å². The van der Waals surface area contributed by atoms with Crippen LogP contribution in [-0.2, 0) is 0 Å². The van der Waals surface area contributed by atoms with Crippen LogP contribution in [-0.4, -0.2) is 25.7 Å². The lowest BCUT2D eigenvalue weighted by atomic mass is 10.1. The fourth-order valence-electron chi connectivity index (χ4n) is 2.00. The van der Waals surface area contributed by atoms with Gasteiger partial charge in [-0.1, -0.05) is 6.07 Å². The Morgan fingerprint density at radius 2 is 2.47 bits per heavy atom. The van der Waals surface area contributed by atoms with Crippen molar-refractivity contribution in [3.05, 3.63) is 24.3 Å². The van der Waals surface area contributed by atoms with Gasteiger partial charge in [0.25, 0.3) is 0 Å². The van der Waals surface area contributed by atoms with Gasteiger partial charge < -0.3 is 15.4 Å². The van der Waals surface area contributed by atoms with Crippen molar-refractivity contribution in [1.82, 2.24) is 5.32 Å². The molecule has 1 fully saturated rings. The average molecular weight is 231 g/mol. The highest BCUT2D eigenvalue weighted by Crippen LogP contribution is 2.19. The van der Waals surface area contributed by atoms with E-state index in [0.29, 0.717) is 6.04 Å². The van der Waals surface area contributed by atoms with Gasteiger partial charge in [-0.15, -0.1) is 0 Å². The molecular formula is C13H17N3O. The Morgan fingerprint density at radius 3 is 3.24 bits per heavy atom. The Bertz CT molecular complexity index is 394. The standard InChI is InChI=1S/C13H17N3O/c14-6-8-17-13-5-1-3-11(9-13)16-12-4-2-7-15-10-12/h1,3,5,9,12,15-16H,2,4,7-8,10H2. The molecule has 2 rings (SSSR count). The Labute approximate surface area is 102 Å². The summed E-state index contributed by atoms with van der Waals surface area (Å²) in [5.74, 6) is 0.736. The maximum absolute atomic E-state index is 8.46. The van der Waals surface area contributed by atoms with Crippen molar-refractivity contribution < 1.29 is 4.74 Å². The first-order valence-electron chi connectivity index (χ1n) is 5.95. The molecule has 2 N–H and O–H groups in total. The zero-order chi connectivity index (χ0) is 11.9. The first-order chi connectivity index (χ1) is 8.38. The summed E-state index contributed by atoms with van der Waals surface area (Å²) in [6.07, 6.45) is 2.40. The SMILES string of the molecule is N#CCOc1cccc(NC2CCCNC2)c1. The van der Waals surface area contributed by atoms with E-state index in [4.69, 9.17) is 10.00 Å². The van der Waals surface area contributed by atoms with E-state index in [-0.39, 0.29) is 6.61 Å². The summed E-state index contributed by atoms with van der Waals surface area (Å²) in [6, 6.07) is 10.2. The molecule has 1 heterocycles. The summed E-state index contributed by atoms with van der Waals surface area (Å²) in [6.45, 7) is 2.21. The normalized spacial score (nSPS) is 19.4. The van der Waals surface area contributed by atoms with Crippen molar-refractivity contribution in [1.29, 1.82) is 5.26 Å². The molecule has 4 nitrogen and oxygen atoms in total. The van der Waals surface area contributed by atoms with E-state index in [2.05, 4.69) is 10.6 Å². The van der Waals surface area contributed by atoms with Gasteiger partial charge in [0.1, 0.15) is 11.8 Å². The molecule has 1 atom stereocenters. The van der Waals surface area contributed by atoms with Crippen LogP contribution in [0.1, 0.15) is 12.8 Å². The molecule has 1 aliphatic rings. The lowest BCUT2D eigenvalue weighted by Gasteiger charge is -2.24. The van der Waals surface area contributed by atoms with Crippen molar-refractivity contribution in [2.75, 3.05) is 25.0 Å². The molecule has 4 heteroatoms. The van der Waals surface area contributed by atoms with Gasteiger partial charge in [-0.25, -0.2) is 0 Å². The second-order valence-corrected chi connectivity index (χ2v) is 4.16. The summed E-state index contributed by atoms with van der Waals surface area (Å²) in [4.78, 5) is 0. The molecular weight excluding hydrogens is 214 g/mol. The summed E-state index contributed by atoms with van der Waals surface area (Å²) in [5.41, 5.74) is 1.05. The minimum Gasteiger partial charge on any atom is -0.479 e. The number of nitrogens with one attached hydrogen (secondary N) is 2. The van der Waals surface area contributed by atoms with Crippen LogP contribution < -0.4 is 15.4 Å². The lowest BCUT2D eigenvalue weighted by molar-refractivity contribution is 0.368. The number of piperidine rings is 1. The van der Waals surface area contributed by atoms with Gasteiger partial charge in [0.15, 0.2) is 6.61 Å². The third-order valence-electron chi connectivity index (χ3n) is 2.81. The van der Waals surface area contributed by atoms with E-state index in [1.54, 1.807) is 0 Å². The first kappa shape index (κ1) is 11.7. The predicted molar refractivity (Wildman–Crippen MR) is 67.1 cm³/mol. The smallest absolute Gasteiger partial charge is 0.174 e. The van der Waals surface area contributed by atoms with Crippen LogP contribution in [0.3, 0.4) is 0 Å². The molecule has 0 amide bonds. The monoisotopic (exact) mass is 231 g/mol. The average Bonchev–Trinajstić information content (AvgIpc) is 2.38. The highest BCUT2D eigenvalue weighted by Gasteiger charge is 2.12. The molecule has 0 radical (unpaired) electrons. The molecule has 0 bridgehead atoms. The van der Waals surface area contributed by atoms with E-state index < -0.39 is 0 Å². The van der Waals surface area contributed by atoms with Crippen molar-refractivity contribution >= 4 is 5.69 Å². The van der Waals surface area contributed by atoms with Gasteiger partial charge in [0.05, 0.1) is 0 Å². The Balaban J connectivity index is 1.93. The molecule has 1 unspecified atom stereocenters. The number of ether oxygens (including phenoxy) is 1. The van der Waals surface area contributed by atoms with E-state index in [0.717, 1.165) is 24.5 Å². The molecule has 90 valence electrons. The van der Waals surface area contributed by atoms with Gasteiger partial charge >= 0.3 is 0 Å². The number of anilines is 1. The van der Waals surface area contributed by atoms with Crippen LogP contribution in [0.25, 0.3) is 0 Å². The van der Waals surface area contributed by atoms with Gasteiger partial charge in [0, 0.05) is 24.3 Å². The van der Waals surface area contributed by atoms with Crippen LogP contribution in [0, 0.1) is 11.3 Å². The van der Waals surface area contributed by atoms with Crippen molar-refractivity contribution in [3.63, 3.8) is 0 Å². The quantitative estimate of drug-likeness (QED) is 0.829. The highest BCUT2D eigenvalue weighted by atomic mass is 16.5. The van der Waals surface area contributed by atoms with Crippen LogP contribution in [0.15, 0.2) is 24.3 Å². The number of hydrogen-bond acceptors (Lipinski definition) is 4. The van der Waals surface area contributed by atoms with E-state index in [9.17, 15) is 0 Å². The minimum atomic E-state index is 0.0917. The second kappa shape index (κ2) is 6.12. The van der Waals surface area contributed by atoms with Gasteiger partial charge in [0.2, 0.25) is 0 Å². The maximum atomic E-state index is 8.46. The highest BCUT2D eigenvalue weighted by molar-refractivity contribution is 5.49. The molecule has 0 saturated carbocycles. The summed E-state index contributed by atoms with van der Waals surface area (Å²) < 4.78 is 5.27. The van der Waals surface area contributed by atoms with Crippen molar-refractivity contribution in [3.8, 4) is 11.8 Å². The third-order valence-corrected chi connectivity index (χ3v) is 2.81. The molecule has 0 aromatic heterocycles. The van der Waals surface area contributed by atoms with Crippen LogP contribution in [0.4, 0.5) is 5.69 Å². The van der Waals surface area contributed by atoms with Gasteiger partial charge in [-0.2, -0.15) is 5.26 Å². The Morgan fingerprint density at radius 1 is 1.53 bits per heavy atom. The minimum absolute atomic E-state index is 0.0917. The second-order valence-electron chi connectivity index (χ2n) is 4.16. The molecule has 17 heavy (non-hydrogen) atoms. The largest absolute Gasteiger partial charge is 0.479 e. The summed E-state index contributed by atoms with van der Waals surface area (Å²) in [5, 5.41) is 15.3. The number of rotatable bonds is 4. The molecule has 1 aromatic rings. The zero-order valence-electron chi connectivity index (χ0n) is 9.78. The van der Waals surface area contributed by atoms with E-state index in [1.165, 1.54) is 12.8 Å². The van der Waals surface area contributed by atoms with Crippen molar-refractivity contribution in [2.45, 2.75) is 18.9 Å². The summed E-state index contributed by atoms with van der Waals surface area (Å²) >= 11 is 0. The fraction of sp³-hybridized carbons (Fsp3) is 0.462. The number of hydrogen-bond donors (Lipinski definition) is 2. The zero-order valence-corrected chi connectivity index (χ0v) is 9.78. The molecule has 0 aliphatic carbocycles. The first-order valence-corrected chi connectivity index (χ1v) is 5.95. The van der Waals surface area contributed by atoms with Crippen LogP contribution in [0.5, 0.6) is 5.75 Å². The van der Waals surface area contributed by atoms with Crippen LogP contribution >= 0.6 is 0 Å². The number of benzene rings is 1. The summed E-state index contributed by atoms with van der Waals surface area (Å²) in [7, 11) is 0. The van der Waals surface area contributed by atoms with Crippen molar-refractivity contribution in [2.24, 2.45) is 0 Å². The molecule has 1 saturated heterocycles. The maximum Gasteiger partial charge on any atom is 0.174 e. The molecule has 0 spiro atoms. The Hall–Kier alpha value is -1.73. The number of nitriles is 1. The number of nitrogens with zero attached hydrogens (tertiary/aromatic N) is 1. The van der Waals surface area contributed by atoms with E-state index >= 15 is 0 Å². The van der Waals surface area contributed by atoms with Gasteiger partial charge in [-0.05, 0) is 31.5 Å². The Kier molecular flexibility index (Phi) is 4.23. The van der Waals surface area contributed by atoms with Gasteiger partial charge in [-0.3, -0.25) is 0 Å². The topological polar surface area (TPSA) is 57.1 Å². The molecule has 1 aromatic carbocycles. The fourth-order valence-corrected chi connectivity index (χ4v) is 2.00.